The van der Waals surface area contributed by atoms with E-state index in [-0.39, 0.29) is 22.4 Å². The summed E-state index contributed by atoms with van der Waals surface area (Å²) in [6, 6.07) is 16.5. The third kappa shape index (κ3) is 3.44. The Bertz CT molecular complexity index is 548. The van der Waals surface area contributed by atoms with Gasteiger partial charge in [-0.2, -0.15) is 0 Å². The van der Waals surface area contributed by atoms with E-state index in [0.29, 0.717) is 11.4 Å². The second-order valence-electron chi connectivity index (χ2n) is 3.39. The van der Waals surface area contributed by atoms with Gasteiger partial charge >= 0.3 is 22.4 Å². The van der Waals surface area contributed by atoms with Crippen molar-refractivity contribution >= 4 is 21.7 Å². The monoisotopic (exact) mass is 355 g/mol. The molecule has 2 aromatic carbocycles. The topological polar surface area (TPSA) is 60.4 Å². The van der Waals surface area contributed by atoms with E-state index in [2.05, 4.69) is 0 Å². The molecule has 2 rings (SSSR count). The maximum Gasteiger partial charge on any atom is 1.00 e. The molecule has 0 fully saturated rings. The molecule has 2 aromatic rings. The van der Waals surface area contributed by atoms with Gasteiger partial charge in [-0.1, -0.05) is 36.4 Å². The van der Waals surface area contributed by atoms with E-state index in [4.69, 9.17) is 0 Å². The van der Waals surface area contributed by atoms with Gasteiger partial charge in [-0.05, 0) is 24.3 Å². The largest absolute Gasteiger partial charge is 1.00 e. The molecular formula is C12H10AgNO3S. The summed E-state index contributed by atoms with van der Waals surface area (Å²) in [6.07, 6.45) is 0. The molecule has 6 heteroatoms. The van der Waals surface area contributed by atoms with Crippen LogP contribution in [0, 0.1) is 0 Å². The van der Waals surface area contributed by atoms with E-state index < -0.39 is 10.3 Å². The van der Waals surface area contributed by atoms with Crippen molar-refractivity contribution in [3.8, 4) is 0 Å². The molecule has 18 heavy (non-hydrogen) atoms. The Balaban J connectivity index is 0.00000162. The second kappa shape index (κ2) is 6.17. The maximum atomic E-state index is 11.3. The summed E-state index contributed by atoms with van der Waals surface area (Å²) in [5.74, 6) is 0. The summed E-state index contributed by atoms with van der Waals surface area (Å²) in [6.45, 7) is 0. The fourth-order valence-corrected chi connectivity index (χ4v) is 2.29. The first-order valence-corrected chi connectivity index (χ1v) is 6.32. The zero-order valence-electron chi connectivity index (χ0n) is 9.16. The van der Waals surface area contributed by atoms with Gasteiger partial charge in [-0.25, -0.2) is 12.7 Å². The Hall–Kier alpha value is -1.11. The van der Waals surface area contributed by atoms with Gasteiger partial charge in [0.05, 0.1) is 11.4 Å². The molecule has 0 N–H and O–H groups in total. The normalized spacial score (nSPS) is 10.5. The van der Waals surface area contributed by atoms with Crippen LogP contribution in [-0.4, -0.2) is 13.0 Å². The van der Waals surface area contributed by atoms with Crippen molar-refractivity contribution in [2.45, 2.75) is 0 Å². The van der Waals surface area contributed by atoms with Crippen molar-refractivity contribution in [2.75, 3.05) is 4.31 Å². The third-order valence-electron chi connectivity index (χ3n) is 2.21. The maximum absolute atomic E-state index is 11.3. The summed E-state index contributed by atoms with van der Waals surface area (Å²) in [4.78, 5) is 0. The van der Waals surface area contributed by atoms with Crippen LogP contribution in [-0.2, 0) is 32.7 Å². The predicted octanol–water partition coefficient (Wildman–Crippen LogP) is 2.28. The van der Waals surface area contributed by atoms with E-state index in [1.165, 1.54) is 0 Å². The van der Waals surface area contributed by atoms with E-state index in [0.717, 1.165) is 4.31 Å². The minimum absolute atomic E-state index is 0. The molecule has 0 aromatic heterocycles. The first-order chi connectivity index (χ1) is 8.09. The molecule has 98 valence electrons. The summed E-state index contributed by atoms with van der Waals surface area (Å²) < 4.78 is 34.7. The van der Waals surface area contributed by atoms with Crippen LogP contribution in [0.2, 0.25) is 0 Å². The van der Waals surface area contributed by atoms with Crippen molar-refractivity contribution in [2.24, 2.45) is 0 Å². The van der Waals surface area contributed by atoms with Crippen LogP contribution in [0.15, 0.2) is 60.7 Å². The zero-order valence-corrected chi connectivity index (χ0v) is 11.5. The molecule has 0 bridgehead atoms. The van der Waals surface area contributed by atoms with E-state index in [1.807, 2.05) is 0 Å². The van der Waals surface area contributed by atoms with Gasteiger partial charge in [0.25, 0.3) is 0 Å². The fourth-order valence-electron chi connectivity index (χ4n) is 1.53. The van der Waals surface area contributed by atoms with E-state index >= 15 is 0 Å². The number of para-hydroxylation sites is 2. The van der Waals surface area contributed by atoms with Crippen LogP contribution in [0.3, 0.4) is 0 Å². The Morgan fingerprint density at radius 3 is 1.39 bits per heavy atom. The van der Waals surface area contributed by atoms with E-state index in [9.17, 15) is 13.0 Å². The standard InChI is InChI=1S/C12H11NO3S.Ag/c14-17(15,16)13(11-7-3-1-4-8-11)12-9-5-2-6-10-12;/h1-10H,(H,14,15,16);/q;+1/p-1. The number of nitrogens with zero attached hydrogens (tertiary/aromatic N) is 1. The molecule has 0 amide bonds. The molecule has 0 unspecified atom stereocenters. The van der Waals surface area contributed by atoms with Gasteiger partial charge in [0.15, 0.2) is 10.3 Å². The van der Waals surface area contributed by atoms with Crippen molar-refractivity contribution < 1.29 is 35.4 Å². The minimum atomic E-state index is -4.59. The molecule has 0 aliphatic carbocycles. The quantitative estimate of drug-likeness (QED) is 0.626. The average Bonchev–Trinajstić information content (AvgIpc) is 2.30. The molecular weight excluding hydrogens is 346 g/mol. The first kappa shape index (κ1) is 14.9. The fraction of sp³-hybridized carbons (Fsp3) is 0. The molecule has 0 atom stereocenters. The van der Waals surface area contributed by atoms with Crippen LogP contribution in [0.4, 0.5) is 11.4 Å². The van der Waals surface area contributed by atoms with Gasteiger partial charge < -0.3 is 4.55 Å². The van der Waals surface area contributed by atoms with Gasteiger partial charge in [0.1, 0.15) is 0 Å². The third-order valence-corrected chi connectivity index (χ3v) is 3.07. The Morgan fingerprint density at radius 1 is 0.778 bits per heavy atom. The Labute approximate surface area is 122 Å². The van der Waals surface area contributed by atoms with Gasteiger partial charge in [0, 0.05) is 0 Å². The van der Waals surface area contributed by atoms with Gasteiger partial charge in [-0.15, -0.1) is 0 Å². The summed E-state index contributed by atoms with van der Waals surface area (Å²) >= 11 is 0. The van der Waals surface area contributed by atoms with Crippen molar-refractivity contribution in [1.29, 1.82) is 0 Å². The SMILES string of the molecule is O=S(=O)([O-])N(c1ccccc1)c1ccccc1.[Ag+]. The zero-order chi connectivity index (χ0) is 12.3. The smallest absolute Gasteiger partial charge is 0.731 e. The summed E-state index contributed by atoms with van der Waals surface area (Å²) in [7, 11) is -4.59. The van der Waals surface area contributed by atoms with Crippen molar-refractivity contribution in [3.63, 3.8) is 0 Å². The summed E-state index contributed by atoms with van der Waals surface area (Å²) in [5, 5.41) is 0. The number of hydrogen-bond acceptors (Lipinski definition) is 3. The molecule has 0 radical (unpaired) electrons. The number of anilines is 2. The van der Waals surface area contributed by atoms with Crippen LogP contribution >= 0.6 is 0 Å². The number of benzene rings is 2. The van der Waals surface area contributed by atoms with Crippen LogP contribution in [0.25, 0.3) is 0 Å². The number of rotatable bonds is 3. The molecule has 0 spiro atoms. The average molecular weight is 356 g/mol. The van der Waals surface area contributed by atoms with Crippen LogP contribution in [0.1, 0.15) is 0 Å². The molecule has 0 saturated carbocycles. The first-order valence-electron chi connectivity index (χ1n) is 4.95. The molecule has 4 nitrogen and oxygen atoms in total. The van der Waals surface area contributed by atoms with Gasteiger partial charge in [0.2, 0.25) is 0 Å². The molecule has 0 aliphatic rings. The Kier molecular flexibility index (Phi) is 5.13. The van der Waals surface area contributed by atoms with Crippen LogP contribution in [0.5, 0.6) is 0 Å². The minimum Gasteiger partial charge on any atom is -0.731 e. The molecule has 0 aliphatic heterocycles. The second-order valence-corrected chi connectivity index (χ2v) is 4.61. The Morgan fingerprint density at radius 2 is 1.11 bits per heavy atom. The van der Waals surface area contributed by atoms with E-state index in [1.54, 1.807) is 60.7 Å². The van der Waals surface area contributed by atoms with Crippen molar-refractivity contribution in [3.05, 3.63) is 60.7 Å². The van der Waals surface area contributed by atoms with Crippen LogP contribution < -0.4 is 4.31 Å². The molecule has 0 heterocycles. The number of hydrogen-bond donors (Lipinski definition) is 0. The predicted molar refractivity (Wildman–Crippen MR) is 64.7 cm³/mol. The summed E-state index contributed by atoms with van der Waals surface area (Å²) in [5.41, 5.74) is 0.655. The van der Waals surface area contributed by atoms with Gasteiger partial charge in [-0.3, -0.25) is 0 Å². The molecule has 0 saturated heterocycles. The van der Waals surface area contributed by atoms with Crippen molar-refractivity contribution in [1.82, 2.24) is 0 Å².